The molecule has 0 bridgehead atoms. The van der Waals surface area contributed by atoms with Crippen LogP contribution >= 0.6 is 0 Å². The second kappa shape index (κ2) is 7.74. The number of fused-ring (bicyclic) bond motifs is 2. The second-order valence-corrected chi connectivity index (χ2v) is 7.68. The maximum atomic E-state index is 14.4. The number of nitrogens with zero attached hydrogens (tertiary/aromatic N) is 3. The normalized spacial score (nSPS) is 13.8. The third-order valence-corrected chi connectivity index (χ3v) is 5.63. The van der Waals surface area contributed by atoms with E-state index >= 15 is 0 Å². The number of hydrogen-bond acceptors (Lipinski definition) is 3. The number of aromatic nitrogens is 4. The molecule has 5 rings (SSSR count). The molecule has 152 valence electrons. The molecular weight excluding hydrogens is 381 g/mol. The quantitative estimate of drug-likeness (QED) is 0.528. The molecule has 3 heterocycles. The van der Waals surface area contributed by atoms with Crippen molar-refractivity contribution in [1.82, 2.24) is 19.7 Å². The van der Waals surface area contributed by atoms with E-state index < -0.39 is 5.82 Å². The van der Waals surface area contributed by atoms with Gasteiger partial charge in [0.05, 0.1) is 12.1 Å². The van der Waals surface area contributed by atoms with E-state index in [-0.39, 0.29) is 18.0 Å². The van der Waals surface area contributed by atoms with Crippen molar-refractivity contribution in [3.8, 4) is 11.4 Å². The largest absolute Gasteiger partial charge is 0.361 e. The highest BCUT2D eigenvalue weighted by Gasteiger charge is 2.18. The van der Waals surface area contributed by atoms with E-state index in [1.807, 2.05) is 30.5 Å². The van der Waals surface area contributed by atoms with Gasteiger partial charge in [-0.15, -0.1) is 10.2 Å². The summed E-state index contributed by atoms with van der Waals surface area (Å²) in [6.07, 6.45) is 6.24. The number of anilines is 1. The maximum Gasteiger partial charge on any atom is 0.228 e. The Morgan fingerprint density at radius 1 is 1.13 bits per heavy atom. The highest BCUT2D eigenvalue weighted by Crippen LogP contribution is 2.27. The molecule has 2 aromatic heterocycles. The van der Waals surface area contributed by atoms with Gasteiger partial charge in [0.2, 0.25) is 5.91 Å². The van der Waals surface area contributed by atoms with Crippen molar-refractivity contribution in [3.63, 3.8) is 0 Å². The number of halogens is 1. The van der Waals surface area contributed by atoms with Gasteiger partial charge in [-0.05, 0) is 42.7 Å². The summed E-state index contributed by atoms with van der Waals surface area (Å²) in [4.78, 5) is 15.8. The van der Waals surface area contributed by atoms with Crippen LogP contribution in [0.3, 0.4) is 0 Å². The number of hydrogen-bond donors (Lipinski definition) is 2. The van der Waals surface area contributed by atoms with E-state index in [4.69, 9.17) is 0 Å². The van der Waals surface area contributed by atoms with Gasteiger partial charge in [0.1, 0.15) is 11.6 Å². The average Bonchev–Trinajstić information content (AvgIpc) is 3.26. The third-order valence-electron chi connectivity index (χ3n) is 5.63. The van der Waals surface area contributed by atoms with Crippen LogP contribution < -0.4 is 5.32 Å². The molecular formula is C23H22FN5O. The number of amides is 1. The van der Waals surface area contributed by atoms with E-state index in [0.29, 0.717) is 0 Å². The van der Waals surface area contributed by atoms with Crippen molar-refractivity contribution >= 4 is 22.5 Å². The predicted molar refractivity (Wildman–Crippen MR) is 114 cm³/mol. The Bertz CT molecular complexity index is 1230. The van der Waals surface area contributed by atoms with Gasteiger partial charge in [-0.25, -0.2) is 4.39 Å². The summed E-state index contributed by atoms with van der Waals surface area (Å²) in [7, 11) is 0. The number of rotatable bonds is 4. The first kappa shape index (κ1) is 18.5. The zero-order valence-corrected chi connectivity index (χ0v) is 16.5. The molecule has 1 aliphatic heterocycles. The summed E-state index contributed by atoms with van der Waals surface area (Å²) in [5.74, 6) is 0.952. The lowest BCUT2D eigenvalue weighted by Gasteiger charge is -2.10. The molecule has 6 nitrogen and oxygen atoms in total. The van der Waals surface area contributed by atoms with Crippen LogP contribution in [0.2, 0.25) is 0 Å². The van der Waals surface area contributed by atoms with Crippen molar-refractivity contribution in [2.24, 2.45) is 0 Å². The molecule has 0 radical (unpaired) electrons. The van der Waals surface area contributed by atoms with Crippen LogP contribution in [0.5, 0.6) is 0 Å². The molecule has 30 heavy (non-hydrogen) atoms. The van der Waals surface area contributed by atoms with E-state index in [1.165, 1.54) is 12.5 Å². The minimum Gasteiger partial charge on any atom is -0.361 e. The van der Waals surface area contributed by atoms with Crippen LogP contribution in [0, 0.1) is 5.82 Å². The zero-order valence-electron chi connectivity index (χ0n) is 16.5. The highest BCUT2D eigenvalue weighted by molar-refractivity contribution is 5.96. The lowest BCUT2D eigenvalue weighted by molar-refractivity contribution is -0.115. The molecule has 0 aliphatic carbocycles. The maximum absolute atomic E-state index is 14.4. The minimum absolute atomic E-state index is 0.156. The number of aromatic amines is 1. The summed E-state index contributed by atoms with van der Waals surface area (Å²) in [5.41, 5.74) is 2.76. The Kier molecular flexibility index (Phi) is 4.78. The van der Waals surface area contributed by atoms with Gasteiger partial charge < -0.3 is 14.9 Å². The second-order valence-electron chi connectivity index (χ2n) is 7.68. The molecule has 2 N–H and O–H groups in total. The van der Waals surface area contributed by atoms with Gasteiger partial charge in [0.25, 0.3) is 0 Å². The molecule has 1 aliphatic rings. The number of carbonyl (C=O) groups excluding carboxylic acids is 1. The zero-order chi connectivity index (χ0) is 20.5. The SMILES string of the molecule is O=C(Cc1c[nH]c2ccccc12)Nc1cc(-c2nnc3n2CCCCC3)ccc1F. The van der Waals surface area contributed by atoms with E-state index in [0.717, 1.165) is 59.5 Å². The van der Waals surface area contributed by atoms with Crippen LogP contribution in [0.1, 0.15) is 30.7 Å². The minimum atomic E-state index is -0.471. The third kappa shape index (κ3) is 3.47. The number of nitrogens with one attached hydrogen (secondary N) is 2. The van der Waals surface area contributed by atoms with E-state index in [2.05, 4.69) is 25.1 Å². The fourth-order valence-corrected chi connectivity index (χ4v) is 4.10. The summed E-state index contributed by atoms with van der Waals surface area (Å²) in [6.45, 7) is 0.858. The molecule has 0 unspecified atom stereocenters. The van der Waals surface area contributed by atoms with Crippen LogP contribution in [0.4, 0.5) is 10.1 Å². The Morgan fingerprint density at radius 2 is 2.03 bits per heavy atom. The summed E-state index contributed by atoms with van der Waals surface area (Å²) in [6, 6.07) is 12.5. The fourth-order valence-electron chi connectivity index (χ4n) is 4.10. The van der Waals surface area contributed by atoms with Crippen molar-refractivity contribution in [3.05, 3.63) is 65.9 Å². The van der Waals surface area contributed by atoms with E-state index in [9.17, 15) is 9.18 Å². The van der Waals surface area contributed by atoms with Crippen LogP contribution in [-0.4, -0.2) is 25.7 Å². The lowest BCUT2D eigenvalue weighted by Crippen LogP contribution is -2.15. The number of carbonyl (C=O) groups is 1. The first-order valence-electron chi connectivity index (χ1n) is 10.3. The van der Waals surface area contributed by atoms with Crippen molar-refractivity contribution in [1.29, 1.82) is 0 Å². The molecule has 4 aromatic rings. The number of benzene rings is 2. The average molecular weight is 403 g/mol. The van der Waals surface area contributed by atoms with Gasteiger partial charge in [-0.3, -0.25) is 4.79 Å². The molecule has 0 spiro atoms. The van der Waals surface area contributed by atoms with Gasteiger partial charge >= 0.3 is 0 Å². The molecule has 0 saturated heterocycles. The van der Waals surface area contributed by atoms with Crippen LogP contribution in [0.15, 0.2) is 48.7 Å². The topological polar surface area (TPSA) is 75.6 Å². The van der Waals surface area contributed by atoms with Crippen LogP contribution in [0.25, 0.3) is 22.3 Å². The Balaban J connectivity index is 1.39. The van der Waals surface area contributed by atoms with Gasteiger partial charge in [-0.2, -0.15) is 0 Å². The number of H-pyrrole nitrogens is 1. The van der Waals surface area contributed by atoms with Gasteiger partial charge in [0, 0.05) is 35.6 Å². The van der Waals surface area contributed by atoms with Gasteiger partial charge in [-0.1, -0.05) is 24.6 Å². The standard InChI is InChI=1S/C23H22FN5O/c24-18-10-9-15(23-28-27-21-8-2-1-5-11-29(21)23)12-20(18)26-22(30)13-16-14-25-19-7-4-3-6-17(16)19/h3-4,6-7,9-10,12,14,25H,1-2,5,8,11,13H2,(H,26,30). The number of para-hydroxylation sites is 1. The fraction of sp³-hybridized carbons (Fsp3) is 0.261. The monoisotopic (exact) mass is 403 g/mol. The van der Waals surface area contributed by atoms with Gasteiger partial charge in [0.15, 0.2) is 5.82 Å². The Morgan fingerprint density at radius 3 is 2.97 bits per heavy atom. The molecule has 0 saturated carbocycles. The van der Waals surface area contributed by atoms with Crippen molar-refractivity contribution in [2.45, 2.75) is 38.6 Å². The summed E-state index contributed by atoms with van der Waals surface area (Å²) >= 11 is 0. The van der Waals surface area contributed by atoms with Crippen molar-refractivity contribution < 1.29 is 9.18 Å². The Hall–Kier alpha value is -3.48. The Labute approximate surface area is 173 Å². The molecule has 0 fully saturated rings. The first-order chi connectivity index (χ1) is 14.7. The smallest absolute Gasteiger partial charge is 0.228 e. The molecule has 2 aromatic carbocycles. The predicted octanol–water partition coefficient (Wildman–Crippen LogP) is 4.47. The molecule has 1 amide bonds. The number of aryl methyl sites for hydroxylation is 1. The first-order valence-corrected chi connectivity index (χ1v) is 10.3. The molecule has 0 atom stereocenters. The summed E-state index contributed by atoms with van der Waals surface area (Å²) in [5, 5.41) is 12.4. The van der Waals surface area contributed by atoms with E-state index in [1.54, 1.807) is 12.1 Å². The van der Waals surface area contributed by atoms with Crippen LogP contribution in [-0.2, 0) is 24.2 Å². The lowest BCUT2D eigenvalue weighted by atomic mass is 10.1. The summed E-state index contributed by atoms with van der Waals surface area (Å²) < 4.78 is 16.6. The molecule has 7 heteroatoms. The highest BCUT2D eigenvalue weighted by atomic mass is 19.1. The van der Waals surface area contributed by atoms with Crippen molar-refractivity contribution in [2.75, 3.05) is 5.32 Å².